The Kier molecular flexibility index (Phi) is 5.73. The van der Waals surface area contributed by atoms with Gasteiger partial charge in [0.15, 0.2) is 11.2 Å². The van der Waals surface area contributed by atoms with Crippen molar-refractivity contribution in [3.05, 3.63) is 27.2 Å². The van der Waals surface area contributed by atoms with E-state index in [-0.39, 0.29) is 29.7 Å². The third kappa shape index (κ3) is 4.39. The number of amides is 2. The highest BCUT2D eigenvalue weighted by molar-refractivity contribution is 5.77. The number of aromatic nitrogens is 4. The summed E-state index contributed by atoms with van der Waals surface area (Å²) in [5, 5.41) is 2.82. The Morgan fingerprint density at radius 2 is 1.83 bits per heavy atom. The van der Waals surface area contributed by atoms with Crippen molar-refractivity contribution in [1.82, 2.24) is 28.9 Å². The molecule has 0 spiro atoms. The molecule has 1 aliphatic rings. The van der Waals surface area contributed by atoms with Crippen LogP contribution in [0, 0.1) is 0 Å². The van der Waals surface area contributed by atoms with Crippen molar-refractivity contribution in [3.8, 4) is 0 Å². The van der Waals surface area contributed by atoms with Gasteiger partial charge in [0.1, 0.15) is 12.1 Å². The second kappa shape index (κ2) is 7.96. The van der Waals surface area contributed by atoms with Crippen LogP contribution in [0.25, 0.3) is 11.2 Å². The maximum absolute atomic E-state index is 12.7. The fourth-order valence-corrected chi connectivity index (χ4v) is 3.52. The summed E-state index contributed by atoms with van der Waals surface area (Å²) >= 11 is 0. The number of piperidine rings is 1. The molecule has 0 unspecified atom stereocenters. The topological polar surface area (TPSA) is 120 Å². The molecule has 1 aliphatic heterocycles. The molecular formula is C19H28N6O5. The number of imidazole rings is 1. The van der Waals surface area contributed by atoms with Gasteiger partial charge in [-0.25, -0.2) is 19.1 Å². The molecule has 3 rings (SSSR count). The lowest BCUT2D eigenvalue weighted by molar-refractivity contribution is -0.133. The number of nitrogens with one attached hydrogen (secondary N) is 1. The maximum atomic E-state index is 12.7. The Bertz CT molecular complexity index is 1080. The van der Waals surface area contributed by atoms with Crippen molar-refractivity contribution in [2.75, 3.05) is 13.1 Å². The summed E-state index contributed by atoms with van der Waals surface area (Å²) in [7, 11) is 3.18. The summed E-state index contributed by atoms with van der Waals surface area (Å²) in [6, 6.07) is -0.0923. The van der Waals surface area contributed by atoms with Crippen LogP contribution in [0.4, 0.5) is 4.79 Å². The molecule has 0 aliphatic carbocycles. The van der Waals surface area contributed by atoms with E-state index in [0.29, 0.717) is 25.9 Å². The van der Waals surface area contributed by atoms with E-state index in [1.54, 1.807) is 32.7 Å². The Labute approximate surface area is 173 Å². The minimum absolute atomic E-state index is 0.0923. The molecular weight excluding hydrogens is 392 g/mol. The van der Waals surface area contributed by atoms with Crippen molar-refractivity contribution < 1.29 is 14.3 Å². The molecule has 1 fully saturated rings. The average molecular weight is 420 g/mol. The molecule has 2 aromatic heterocycles. The Morgan fingerprint density at radius 3 is 2.43 bits per heavy atom. The molecule has 0 radical (unpaired) electrons. The van der Waals surface area contributed by atoms with Crippen molar-refractivity contribution in [3.63, 3.8) is 0 Å². The van der Waals surface area contributed by atoms with E-state index in [0.717, 1.165) is 4.57 Å². The van der Waals surface area contributed by atoms with Gasteiger partial charge in [-0.2, -0.15) is 0 Å². The SMILES string of the molecule is Cn1cnc2c1c(=O)n(CC(=O)N1CCC(NC(=O)OC(C)(C)C)CC1)c(=O)n2C. The van der Waals surface area contributed by atoms with Crippen LogP contribution >= 0.6 is 0 Å². The van der Waals surface area contributed by atoms with E-state index >= 15 is 0 Å². The van der Waals surface area contributed by atoms with Crippen LogP contribution < -0.4 is 16.6 Å². The van der Waals surface area contributed by atoms with Gasteiger partial charge in [0.2, 0.25) is 5.91 Å². The smallest absolute Gasteiger partial charge is 0.407 e. The van der Waals surface area contributed by atoms with E-state index in [4.69, 9.17) is 4.74 Å². The Morgan fingerprint density at radius 1 is 1.20 bits per heavy atom. The van der Waals surface area contributed by atoms with Crippen LogP contribution in [-0.2, 0) is 30.2 Å². The lowest BCUT2D eigenvalue weighted by Crippen LogP contribution is -2.50. The number of fused-ring (bicyclic) bond motifs is 1. The first-order valence-corrected chi connectivity index (χ1v) is 9.86. The van der Waals surface area contributed by atoms with E-state index < -0.39 is 22.9 Å². The van der Waals surface area contributed by atoms with Gasteiger partial charge in [-0.15, -0.1) is 0 Å². The Balaban J connectivity index is 1.66. The van der Waals surface area contributed by atoms with Crippen molar-refractivity contribution in [2.45, 2.75) is 51.8 Å². The zero-order valence-corrected chi connectivity index (χ0v) is 18.0. The summed E-state index contributed by atoms with van der Waals surface area (Å²) < 4.78 is 9.00. The molecule has 1 saturated heterocycles. The molecule has 0 aromatic carbocycles. The van der Waals surface area contributed by atoms with Crippen LogP contribution in [0.15, 0.2) is 15.9 Å². The number of rotatable bonds is 3. The third-order valence-corrected chi connectivity index (χ3v) is 5.06. The molecule has 0 saturated carbocycles. The van der Waals surface area contributed by atoms with E-state index in [2.05, 4.69) is 10.3 Å². The van der Waals surface area contributed by atoms with Crippen LogP contribution in [0.3, 0.4) is 0 Å². The van der Waals surface area contributed by atoms with Gasteiger partial charge in [-0.05, 0) is 33.6 Å². The normalized spacial score (nSPS) is 15.4. The van der Waals surface area contributed by atoms with Crippen LogP contribution in [0.5, 0.6) is 0 Å². The largest absolute Gasteiger partial charge is 0.444 e. The summed E-state index contributed by atoms with van der Waals surface area (Å²) in [5.41, 5.74) is -1.14. The first-order chi connectivity index (χ1) is 14.0. The van der Waals surface area contributed by atoms with Gasteiger partial charge < -0.3 is 19.5 Å². The molecule has 1 N–H and O–H groups in total. The standard InChI is InChI=1S/C19H28N6O5/c1-19(2,3)30-17(28)21-12-6-8-24(9-7-12)13(26)10-25-16(27)14-15(20-11-22(14)4)23(5)18(25)29/h11-12H,6-10H2,1-5H3,(H,21,28). The van der Waals surface area contributed by atoms with E-state index in [1.807, 2.05) is 0 Å². The first kappa shape index (κ1) is 21.6. The van der Waals surface area contributed by atoms with E-state index in [9.17, 15) is 19.2 Å². The molecule has 30 heavy (non-hydrogen) atoms. The van der Waals surface area contributed by atoms with E-state index in [1.165, 1.54) is 22.5 Å². The van der Waals surface area contributed by atoms with Gasteiger partial charge in [0.25, 0.3) is 5.56 Å². The highest BCUT2D eigenvalue weighted by atomic mass is 16.6. The minimum Gasteiger partial charge on any atom is -0.444 e. The molecule has 2 aromatic rings. The van der Waals surface area contributed by atoms with Crippen molar-refractivity contribution in [1.29, 1.82) is 0 Å². The predicted octanol–water partition coefficient (Wildman–Crippen LogP) is -0.0506. The van der Waals surface area contributed by atoms with Gasteiger partial charge in [0, 0.05) is 33.2 Å². The van der Waals surface area contributed by atoms with Gasteiger partial charge in [-0.3, -0.25) is 14.2 Å². The van der Waals surface area contributed by atoms with Crippen LogP contribution in [-0.4, -0.2) is 60.3 Å². The molecule has 0 atom stereocenters. The number of carbonyl (C=O) groups is 2. The van der Waals surface area contributed by atoms with Crippen LogP contribution in [0.2, 0.25) is 0 Å². The second-order valence-electron chi connectivity index (χ2n) is 8.56. The quantitative estimate of drug-likeness (QED) is 0.743. The fraction of sp³-hybridized carbons (Fsp3) is 0.632. The molecule has 164 valence electrons. The molecule has 2 amide bonds. The van der Waals surface area contributed by atoms with Crippen molar-refractivity contribution in [2.24, 2.45) is 14.1 Å². The minimum atomic E-state index is -0.582. The number of hydrogen-bond donors (Lipinski definition) is 1. The number of carbonyl (C=O) groups excluding carboxylic acids is 2. The zero-order chi connectivity index (χ0) is 22.2. The molecule has 11 nitrogen and oxygen atoms in total. The zero-order valence-electron chi connectivity index (χ0n) is 18.0. The number of likely N-dealkylation sites (tertiary alicyclic amines) is 1. The predicted molar refractivity (Wildman–Crippen MR) is 109 cm³/mol. The Hall–Kier alpha value is -3.11. The lowest BCUT2D eigenvalue weighted by atomic mass is 10.1. The number of alkyl carbamates (subject to hydrolysis) is 1. The summed E-state index contributed by atoms with van der Waals surface area (Å²) in [6.07, 6.45) is 2.11. The second-order valence-corrected chi connectivity index (χ2v) is 8.56. The number of ether oxygens (including phenoxy) is 1. The lowest BCUT2D eigenvalue weighted by Gasteiger charge is -2.33. The molecule has 11 heteroatoms. The highest BCUT2D eigenvalue weighted by Crippen LogP contribution is 2.13. The maximum Gasteiger partial charge on any atom is 0.407 e. The fourth-order valence-electron chi connectivity index (χ4n) is 3.52. The number of hydrogen-bond acceptors (Lipinski definition) is 6. The highest BCUT2D eigenvalue weighted by Gasteiger charge is 2.27. The van der Waals surface area contributed by atoms with Gasteiger partial charge >= 0.3 is 11.8 Å². The monoisotopic (exact) mass is 420 g/mol. The summed E-state index contributed by atoms with van der Waals surface area (Å²) in [4.78, 5) is 55.6. The summed E-state index contributed by atoms with van der Waals surface area (Å²) in [6.45, 7) is 5.89. The van der Waals surface area contributed by atoms with Gasteiger partial charge in [0.05, 0.1) is 6.33 Å². The first-order valence-electron chi connectivity index (χ1n) is 9.86. The van der Waals surface area contributed by atoms with Crippen LogP contribution in [0.1, 0.15) is 33.6 Å². The number of nitrogens with zero attached hydrogens (tertiary/aromatic N) is 5. The average Bonchev–Trinajstić information content (AvgIpc) is 3.04. The van der Waals surface area contributed by atoms with Crippen molar-refractivity contribution >= 4 is 23.2 Å². The number of aryl methyl sites for hydroxylation is 2. The molecule has 3 heterocycles. The third-order valence-electron chi connectivity index (χ3n) is 5.06. The van der Waals surface area contributed by atoms with Gasteiger partial charge in [-0.1, -0.05) is 0 Å². The molecule has 0 bridgehead atoms. The summed E-state index contributed by atoms with van der Waals surface area (Å²) in [5.74, 6) is -0.313.